The van der Waals surface area contributed by atoms with Gasteiger partial charge in [0, 0.05) is 33.7 Å². The molecule has 2 aromatic carbocycles. The molecule has 0 spiro atoms. The Labute approximate surface area is 205 Å². The molecule has 0 bridgehead atoms. The van der Waals surface area contributed by atoms with Gasteiger partial charge in [0.1, 0.15) is 0 Å². The van der Waals surface area contributed by atoms with Crippen molar-refractivity contribution in [1.29, 1.82) is 0 Å². The third-order valence-electron chi connectivity index (χ3n) is 8.00. The number of allylic oxidation sites excluding steroid dienone is 1. The number of halogens is 3. The summed E-state index contributed by atoms with van der Waals surface area (Å²) in [6, 6.07) is 16.8. The van der Waals surface area contributed by atoms with Crippen LogP contribution < -0.4 is 0 Å². The Kier molecular flexibility index (Phi) is 5.03. The van der Waals surface area contributed by atoms with Gasteiger partial charge in [-0.3, -0.25) is 0 Å². The van der Waals surface area contributed by atoms with Gasteiger partial charge in [-0.05, 0) is 42.2 Å². The van der Waals surface area contributed by atoms with Crippen molar-refractivity contribution >= 4 is 27.5 Å². The first-order valence-electron chi connectivity index (χ1n) is 11.8. The van der Waals surface area contributed by atoms with Crippen LogP contribution in [-0.2, 0) is 12.1 Å². The number of aliphatic hydroxyl groups is 1. The van der Waals surface area contributed by atoms with Gasteiger partial charge in [-0.1, -0.05) is 61.0 Å². The van der Waals surface area contributed by atoms with E-state index in [2.05, 4.69) is 4.98 Å². The molecule has 3 nitrogen and oxygen atoms in total. The summed E-state index contributed by atoms with van der Waals surface area (Å²) in [6.07, 6.45) is 0.523. The number of hydrogen-bond acceptors (Lipinski definition) is 3. The number of alkyl halides is 3. The largest absolute Gasteiger partial charge is 0.421 e. The zero-order valence-electron chi connectivity index (χ0n) is 19.2. The second-order valence-corrected chi connectivity index (χ2v) is 10.8. The van der Waals surface area contributed by atoms with Crippen molar-refractivity contribution < 1.29 is 18.3 Å². The summed E-state index contributed by atoms with van der Waals surface area (Å²) in [5.41, 5.74) is -0.168. The van der Waals surface area contributed by atoms with E-state index in [-0.39, 0.29) is 5.56 Å². The van der Waals surface area contributed by atoms with Crippen LogP contribution in [0.4, 0.5) is 13.2 Å². The highest BCUT2D eigenvalue weighted by Gasteiger charge is 2.65. The zero-order chi connectivity index (χ0) is 24.4. The Morgan fingerprint density at radius 2 is 1.83 bits per heavy atom. The van der Waals surface area contributed by atoms with E-state index < -0.39 is 23.1 Å². The molecule has 4 aromatic rings. The summed E-state index contributed by atoms with van der Waals surface area (Å²) in [6.45, 7) is 2.23. The topological polar surface area (TPSA) is 38.0 Å². The molecule has 0 saturated heterocycles. The normalized spacial score (nSPS) is 23.9. The molecule has 1 N–H and O–H groups in total. The Balaban J connectivity index is 1.50. The molecule has 3 heterocycles. The minimum absolute atomic E-state index is 0.0283. The number of rotatable bonds is 3. The number of nitrogens with zero attached hydrogens (tertiary/aromatic N) is 2. The predicted octanol–water partition coefficient (Wildman–Crippen LogP) is 7.42. The minimum atomic E-state index is -4.82. The first-order chi connectivity index (χ1) is 16.7. The molecular formula is C28H25F3N2OS. The molecule has 3 atom stereocenters. The molecule has 2 aliphatic rings. The molecule has 1 saturated carbocycles. The standard InChI is InChI=1S/C28H25F3N2OS/c1-26-16-33-17-32-25(18-8-3-2-4-9-18)22(33)14-19(26)10-7-13-24(26)27(34,28(29,30)31)21-15-35-23-12-6-5-11-20(21)23/h2-6,8-9,11-12,14-15,17,24,34H,7,10,13,16H2,1H3/t24-,26-,27+/m0/s1. The van der Waals surface area contributed by atoms with Gasteiger partial charge in [0.2, 0.25) is 0 Å². The first kappa shape index (κ1) is 22.6. The van der Waals surface area contributed by atoms with Crippen LogP contribution >= 0.6 is 11.3 Å². The molecule has 1 aliphatic heterocycles. The maximum Gasteiger partial charge on any atom is 0.421 e. The van der Waals surface area contributed by atoms with Crippen molar-refractivity contribution in [2.45, 2.75) is 44.5 Å². The molecule has 1 aliphatic carbocycles. The lowest BCUT2D eigenvalue weighted by Crippen LogP contribution is -2.56. The molecule has 180 valence electrons. The van der Waals surface area contributed by atoms with Crippen LogP contribution in [0, 0.1) is 11.3 Å². The third kappa shape index (κ3) is 3.24. The Hall–Kier alpha value is -2.90. The van der Waals surface area contributed by atoms with Crippen molar-refractivity contribution in [3.05, 3.63) is 83.1 Å². The summed E-state index contributed by atoms with van der Waals surface area (Å²) in [5.74, 6) is -1.02. The monoisotopic (exact) mass is 494 g/mol. The smallest absolute Gasteiger partial charge is 0.376 e. The third-order valence-corrected chi connectivity index (χ3v) is 8.97. The zero-order valence-corrected chi connectivity index (χ0v) is 20.0. The molecule has 2 aromatic heterocycles. The van der Waals surface area contributed by atoms with Crippen molar-refractivity contribution in [2.75, 3.05) is 0 Å². The van der Waals surface area contributed by atoms with Gasteiger partial charge in [0.05, 0.1) is 17.7 Å². The number of hydrogen-bond donors (Lipinski definition) is 1. The van der Waals surface area contributed by atoms with Crippen LogP contribution in [0.5, 0.6) is 0 Å². The van der Waals surface area contributed by atoms with E-state index in [4.69, 9.17) is 0 Å². The Morgan fingerprint density at radius 3 is 2.60 bits per heavy atom. The van der Waals surface area contributed by atoms with E-state index in [1.54, 1.807) is 24.5 Å². The van der Waals surface area contributed by atoms with Gasteiger partial charge < -0.3 is 9.67 Å². The van der Waals surface area contributed by atoms with E-state index in [1.807, 2.05) is 54.0 Å². The number of fused-ring (bicyclic) bond motifs is 3. The lowest BCUT2D eigenvalue weighted by molar-refractivity contribution is -0.300. The highest BCUT2D eigenvalue weighted by Crippen LogP contribution is 2.60. The SMILES string of the molecule is C[C@]12Cn3cnc(-c4ccccc4)c3C=C1CCC[C@@H]2[C@](O)(c1csc2ccccc12)C(F)(F)F. The van der Waals surface area contributed by atoms with Crippen molar-refractivity contribution in [1.82, 2.24) is 9.55 Å². The van der Waals surface area contributed by atoms with Crippen molar-refractivity contribution in [3.8, 4) is 11.3 Å². The fourth-order valence-electron chi connectivity index (χ4n) is 6.26. The Morgan fingerprint density at radius 1 is 1.09 bits per heavy atom. The van der Waals surface area contributed by atoms with Gasteiger partial charge in [-0.15, -0.1) is 11.3 Å². The number of thiophene rings is 1. The summed E-state index contributed by atoms with van der Waals surface area (Å²) in [5, 5.41) is 13.8. The molecule has 6 rings (SSSR count). The van der Waals surface area contributed by atoms with E-state index in [9.17, 15) is 18.3 Å². The molecule has 7 heteroatoms. The predicted molar refractivity (Wildman–Crippen MR) is 133 cm³/mol. The fraction of sp³-hybridized carbons (Fsp3) is 0.321. The fourth-order valence-corrected chi connectivity index (χ4v) is 7.27. The number of benzene rings is 2. The molecule has 0 radical (unpaired) electrons. The van der Waals surface area contributed by atoms with Gasteiger partial charge in [0.15, 0.2) is 5.60 Å². The van der Waals surface area contributed by atoms with Crippen LogP contribution in [0.25, 0.3) is 27.4 Å². The summed E-state index contributed by atoms with van der Waals surface area (Å²) >= 11 is 1.25. The van der Waals surface area contributed by atoms with Crippen molar-refractivity contribution in [3.63, 3.8) is 0 Å². The highest BCUT2D eigenvalue weighted by atomic mass is 32.1. The number of aromatic nitrogens is 2. The van der Waals surface area contributed by atoms with Crippen molar-refractivity contribution in [2.24, 2.45) is 11.3 Å². The highest BCUT2D eigenvalue weighted by molar-refractivity contribution is 7.17. The van der Waals surface area contributed by atoms with E-state index in [0.717, 1.165) is 27.2 Å². The van der Waals surface area contributed by atoms with Gasteiger partial charge >= 0.3 is 6.18 Å². The van der Waals surface area contributed by atoms with E-state index >= 15 is 0 Å². The quantitative estimate of drug-likeness (QED) is 0.322. The average Bonchev–Trinajstić information content (AvgIpc) is 3.45. The molecule has 1 fully saturated rings. The second kappa shape index (κ2) is 7.80. The van der Waals surface area contributed by atoms with Crippen LogP contribution in [0.2, 0.25) is 0 Å². The van der Waals surface area contributed by atoms with Gasteiger partial charge in [0.25, 0.3) is 0 Å². The second-order valence-electron chi connectivity index (χ2n) is 9.91. The first-order valence-corrected chi connectivity index (χ1v) is 12.7. The average molecular weight is 495 g/mol. The molecule has 0 unspecified atom stereocenters. The van der Waals surface area contributed by atoms with Crippen LogP contribution in [0.1, 0.15) is 37.4 Å². The lowest BCUT2D eigenvalue weighted by Gasteiger charge is -2.52. The van der Waals surface area contributed by atoms with Crippen LogP contribution in [0.15, 0.2) is 71.9 Å². The lowest BCUT2D eigenvalue weighted by atomic mass is 9.56. The summed E-state index contributed by atoms with van der Waals surface area (Å²) in [4.78, 5) is 4.62. The maximum absolute atomic E-state index is 14.9. The minimum Gasteiger partial charge on any atom is -0.376 e. The maximum atomic E-state index is 14.9. The summed E-state index contributed by atoms with van der Waals surface area (Å²) in [7, 11) is 0. The van der Waals surface area contributed by atoms with Crippen LogP contribution in [-0.4, -0.2) is 20.8 Å². The molecular weight excluding hydrogens is 469 g/mol. The van der Waals surface area contributed by atoms with Gasteiger partial charge in [-0.2, -0.15) is 13.2 Å². The Bertz CT molecular complexity index is 1440. The van der Waals surface area contributed by atoms with Gasteiger partial charge in [-0.25, -0.2) is 4.98 Å². The summed E-state index contributed by atoms with van der Waals surface area (Å²) < 4.78 is 47.5. The van der Waals surface area contributed by atoms with Crippen LogP contribution in [0.3, 0.4) is 0 Å². The van der Waals surface area contributed by atoms with E-state index in [0.29, 0.717) is 31.2 Å². The molecule has 35 heavy (non-hydrogen) atoms. The number of imidazole rings is 1. The molecule has 0 amide bonds. The van der Waals surface area contributed by atoms with E-state index in [1.165, 1.54) is 16.7 Å².